The van der Waals surface area contributed by atoms with E-state index in [1.165, 1.54) is 26.1 Å². The summed E-state index contributed by atoms with van der Waals surface area (Å²) in [7, 11) is 0. The smallest absolute Gasteiger partial charge is 0.404 e. The summed E-state index contributed by atoms with van der Waals surface area (Å²) in [5, 5.41) is 5.89. The standard InChI is InChI=1S/C21H28F3N5O3S/c1-19(2,28-31)16(27-30)12-26-11-14(10-25)13-29-6-4-20(5-7-29)18-15(3-8-32-20)9-17(33-18)21(22,23)24/h9-11,16H,3-8,12-13,25H2,1-2H3. The van der Waals surface area contributed by atoms with Crippen molar-refractivity contribution in [1.29, 1.82) is 0 Å². The number of alkyl halides is 3. The molecule has 1 atom stereocenters. The number of ether oxygens (including phenoxy) is 1. The number of likely N-dealkylation sites (tertiary alicyclic amines) is 1. The van der Waals surface area contributed by atoms with Crippen molar-refractivity contribution >= 4 is 17.6 Å². The highest BCUT2D eigenvalue weighted by atomic mass is 32.1. The Morgan fingerprint density at radius 1 is 1.33 bits per heavy atom. The van der Waals surface area contributed by atoms with Crippen LogP contribution in [0.4, 0.5) is 13.2 Å². The van der Waals surface area contributed by atoms with Crippen molar-refractivity contribution in [3.8, 4) is 0 Å². The average molecular weight is 488 g/mol. The number of aliphatic imine (C=N–C) groups is 1. The van der Waals surface area contributed by atoms with Crippen molar-refractivity contribution in [3.63, 3.8) is 0 Å². The zero-order valence-electron chi connectivity index (χ0n) is 18.6. The molecule has 3 heterocycles. The molecule has 0 aliphatic carbocycles. The van der Waals surface area contributed by atoms with E-state index in [2.05, 4.69) is 20.2 Å². The average Bonchev–Trinajstić information content (AvgIpc) is 3.24. The summed E-state index contributed by atoms with van der Waals surface area (Å²) in [6.45, 7) is 5.23. The van der Waals surface area contributed by atoms with Crippen molar-refractivity contribution in [2.45, 2.75) is 56.5 Å². The SMILES string of the molecule is CC(C)(N=O)C(CN=CC(=CN)CN1CCC2(CC1)OCCc1cc(C(F)(F)F)sc12)N=O. The van der Waals surface area contributed by atoms with Crippen molar-refractivity contribution in [2.75, 3.05) is 32.8 Å². The lowest BCUT2D eigenvalue weighted by molar-refractivity contribution is -0.134. The minimum Gasteiger partial charge on any atom is -0.404 e. The van der Waals surface area contributed by atoms with Gasteiger partial charge in [0, 0.05) is 30.7 Å². The van der Waals surface area contributed by atoms with Gasteiger partial charge >= 0.3 is 6.18 Å². The first-order valence-corrected chi connectivity index (χ1v) is 11.5. The van der Waals surface area contributed by atoms with Crippen LogP contribution in [-0.2, 0) is 22.9 Å². The Kier molecular flexibility index (Phi) is 7.69. The number of nitroso groups, excluding NO2 is 2. The number of nitrogens with zero attached hydrogens (tertiary/aromatic N) is 4. The number of thiophene rings is 1. The molecular weight excluding hydrogens is 459 g/mol. The fraction of sp³-hybridized carbons (Fsp3) is 0.667. The fourth-order valence-electron chi connectivity index (χ4n) is 4.12. The summed E-state index contributed by atoms with van der Waals surface area (Å²) < 4.78 is 45.7. The molecule has 1 spiro atoms. The number of piperidine rings is 1. The molecule has 8 nitrogen and oxygen atoms in total. The number of hydrogen-bond acceptors (Lipinski definition) is 9. The van der Waals surface area contributed by atoms with Crippen LogP contribution >= 0.6 is 11.3 Å². The quantitative estimate of drug-likeness (QED) is 0.436. The normalized spacial score (nSPS) is 20.7. The first kappa shape index (κ1) is 25.4. The monoisotopic (exact) mass is 487 g/mol. The molecule has 33 heavy (non-hydrogen) atoms. The lowest BCUT2D eigenvalue weighted by Crippen LogP contribution is -2.46. The van der Waals surface area contributed by atoms with Gasteiger partial charge in [0.15, 0.2) is 0 Å². The van der Waals surface area contributed by atoms with Crippen LogP contribution in [0.2, 0.25) is 0 Å². The third kappa shape index (κ3) is 5.67. The molecule has 2 N–H and O–H groups in total. The molecule has 1 saturated heterocycles. The van der Waals surface area contributed by atoms with Gasteiger partial charge in [-0.1, -0.05) is 10.4 Å². The van der Waals surface area contributed by atoms with Crippen LogP contribution in [0, 0.1) is 9.81 Å². The summed E-state index contributed by atoms with van der Waals surface area (Å²) >= 11 is 0.802. The maximum Gasteiger partial charge on any atom is 0.425 e. The van der Waals surface area contributed by atoms with E-state index in [1.807, 2.05) is 0 Å². The van der Waals surface area contributed by atoms with Gasteiger partial charge in [-0.25, -0.2) is 0 Å². The molecule has 1 aromatic heterocycles. The van der Waals surface area contributed by atoms with Gasteiger partial charge in [-0.2, -0.15) is 23.0 Å². The molecule has 2 aliphatic heterocycles. The van der Waals surface area contributed by atoms with E-state index >= 15 is 0 Å². The van der Waals surface area contributed by atoms with Crippen LogP contribution in [0.1, 0.15) is 42.0 Å². The topological polar surface area (TPSA) is 110 Å². The molecule has 1 unspecified atom stereocenters. The van der Waals surface area contributed by atoms with Gasteiger partial charge in [-0.05, 0) is 56.5 Å². The van der Waals surface area contributed by atoms with Crippen LogP contribution in [-0.4, -0.2) is 55.5 Å². The minimum atomic E-state index is -4.35. The molecule has 182 valence electrons. The van der Waals surface area contributed by atoms with Crippen LogP contribution in [0.5, 0.6) is 0 Å². The van der Waals surface area contributed by atoms with E-state index in [9.17, 15) is 23.0 Å². The Hall–Kier alpha value is -2.18. The van der Waals surface area contributed by atoms with Gasteiger partial charge in [0.05, 0.1) is 13.2 Å². The van der Waals surface area contributed by atoms with E-state index in [0.29, 0.717) is 56.0 Å². The Bertz CT molecular complexity index is 921. The molecule has 0 bridgehead atoms. The van der Waals surface area contributed by atoms with Gasteiger partial charge < -0.3 is 10.5 Å². The predicted octanol–water partition coefficient (Wildman–Crippen LogP) is 4.22. The van der Waals surface area contributed by atoms with E-state index < -0.39 is 28.2 Å². The van der Waals surface area contributed by atoms with Gasteiger partial charge in [0.25, 0.3) is 0 Å². The van der Waals surface area contributed by atoms with Gasteiger partial charge in [-0.15, -0.1) is 11.3 Å². The second-order valence-corrected chi connectivity index (χ2v) is 9.99. The summed E-state index contributed by atoms with van der Waals surface area (Å²) in [5.74, 6) is 0. The van der Waals surface area contributed by atoms with Crippen molar-refractivity contribution in [2.24, 2.45) is 21.1 Å². The summed E-state index contributed by atoms with van der Waals surface area (Å²) in [6.07, 6.45) is 0.292. The lowest BCUT2D eigenvalue weighted by Gasteiger charge is -2.43. The highest BCUT2D eigenvalue weighted by molar-refractivity contribution is 7.12. The first-order valence-electron chi connectivity index (χ1n) is 10.7. The highest BCUT2D eigenvalue weighted by Crippen LogP contribution is 2.48. The molecule has 0 aromatic carbocycles. The molecule has 0 amide bonds. The summed E-state index contributed by atoms with van der Waals surface area (Å²) in [6, 6.07) is 0.385. The van der Waals surface area contributed by atoms with Crippen molar-refractivity contribution in [1.82, 2.24) is 4.90 Å². The molecule has 0 radical (unpaired) electrons. The Morgan fingerprint density at radius 3 is 2.61 bits per heavy atom. The summed E-state index contributed by atoms with van der Waals surface area (Å²) in [4.78, 5) is 28.4. The number of halogens is 3. The number of rotatable bonds is 8. The maximum atomic E-state index is 13.2. The second kappa shape index (κ2) is 9.98. The van der Waals surface area contributed by atoms with Crippen LogP contribution < -0.4 is 5.73 Å². The molecule has 0 saturated carbocycles. The third-order valence-corrected chi connectivity index (χ3v) is 7.66. The van der Waals surface area contributed by atoms with Crippen molar-refractivity contribution < 1.29 is 17.9 Å². The summed E-state index contributed by atoms with van der Waals surface area (Å²) in [5.41, 5.74) is 5.37. The minimum absolute atomic E-state index is 0.0131. The second-order valence-electron chi connectivity index (χ2n) is 8.93. The predicted molar refractivity (Wildman–Crippen MR) is 121 cm³/mol. The Morgan fingerprint density at radius 2 is 2.03 bits per heavy atom. The molecule has 12 heteroatoms. The van der Waals surface area contributed by atoms with Gasteiger partial charge in [0.2, 0.25) is 0 Å². The van der Waals surface area contributed by atoms with Crippen LogP contribution in [0.15, 0.2) is 33.2 Å². The third-order valence-electron chi connectivity index (χ3n) is 6.25. The number of nitrogens with two attached hydrogens (primary N) is 1. The molecular formula is C21H28F3N5O3S. The fourth-order valence-corrected chi connectivity index (χ4v) is 5.39. The van der Waals surface area contributed by atoms with Gasteiger partial charge in [0.1, 0.15) is 22.1 Å². The zero-order valence-corrected chi connectivity index (χ0v) is 19.4. The maximum absolute atomic E-state index is 13.2. The Balaban J connectivity index is 1.61. The molecule has 2 aliphatic rings. The van der Waals surface area contributed by atoms with E-state index in [4.69, 9.17) is 10.5 Å². The van der Waals surface area contributed by atoms with Crippen LogP contribution in [0.3, 0.4) is 0 Å². The largest absolute Gasteiger partial charge is 0.425 e. The van der Waals surface area contributed by atoms with Crippen molar-refractivity contribution in [3.05, 3.63) is 43.0 Å². The van der Waals surface area contributed by atoms with E-state index in [1.54, 1.807) is 6.21 Å². The van der Waals surface area contributed by atoms with Gasteiger partial charge in [-0.3, -0.25) is 9.89 Å². The van der Waals surface area contributed by atoms with E-state index in [-0.39, 0.29) is 6.54 Å². The molecule has 1 fully saturated rings. The van der Waals surface area contributed by atoms with Crippen LogP contribution in [0.25, 0.3) is 0 Å². The number of hydrogen-bond donors (Lipinski definition) is 1. The zero-order chi connectivity index (χ0) is 24.3. The lowest BCUT2D eigenvalue weighted by atomic mass is 9.85. The molecule has 3 rings (SSSR count). The number of fused-ring (bicyclic) bond motifs is 2. The highest BCUT2D eigenvalue weighted by Gasteiger charge is 2.45. The molecule has 1 aromatic rings. The first-order chi connectivity index (χ1) is 15.5. The van der Waals surface area contributed by atoms with E-state index in [0.717, 1.165) is 16.9 Å². The Labute approximate surface area is 194 Å².